The second kappa shape index (κ2) is 8.22. The molecule has 9 heteroatoms. The van der Waals surface area contributed by atoms with E-state index in [0.717, 1.165) is 11.6 Å². The first-order valence-electron chi connectivity index (χ1n) is 9.26. The molecule has 0 spiro atoms. The Morgan fingerprint density at radius 3 is 2.27 bits per heavy atom. The fraction of sp³-hybridized carbons (Fsp3) is 0.190. The zero-order valence-corrected chi connectivity index (χ0v) is 17.4. The van der Waals surface area contributed by atoms with Crippen molar-refractivity contribution in [2.75, 3.05) is 26.2 Å². The lowest BCUT2D eigenvalue weighted by molar-refractivity contribution is 0.0666. The Morgan fingerprint density at radius 2 is 1.60 bits per heavy atom. The molecule has 2 heterocycles. The summed E-state index contributed by atoms with van der Waals surface area (Å²) in [5.74, 6) is -0.402. The van der Waals surface area contributed by atoms with Crippen LogP contribution in [-0.2, 0) is 10.0 Å². The van der Waals surface area contributed by atoms with Crippen LogP contribution < -0.4 is 0 Å². The average molecular weight is 449 g/mol. The molecule has 156 valence electrons. The molecule has 1 fully saturated rings. The van der Waals surface area contributed by atoms with Gasteiger partial charge in [-0.1, -0.05) is 23.7 Å². The first kappa shape index (κ1) is 20.6. The largest absolute Gasteiger partial charge is 0.451 e. The molecular weight excluding hydrogens is 431 g/mol. The lowest BCUT2D eigenvalue weighted by atomic mass is 10.2. The molecule has 4 rings (SSSR count). The number of amides is 1. The van der Waals surface area contributed by atoms with E-state index in [2.05, 4.69) is 0 Å². The summed E-state index contributed by atoms with van der Waals surface area (Å²) in [5.41, 5.74) is 0.791. The van der Waals surface area contributed by atoms with Crippen molar-refractivity contribution in [2.24, 2.45) is 0 Å². The summed E-state index contributed by atoms with van der Waals surface area (Å²) in [4.78, 5) is 13.9. The van der Waals surface area contributed by atoms with Crippen LogP contribution in [0.25, 0.3) is 11.3 Å². The third-order valence-corrected chi connectivity index (χ3v) is 7.11. The van der Waals surface area contributed by atoms with Gasteiger partial charge in [0.25, 0.3) is 5.91 Å². The van der Waals surface area contributed by atoms with Crippen molar-refractivity contribution in [1.29, 1.82) is 0 Å². The highest BCUT2D eigenvalue weighted by atomic mass is 35.5. The summed E-state index contributed by atoms with van der Waals surface area (Å²) in [7, 11) is -3.96. The molecule has 0 atom stereocenters. The third-order valence-electron chi connectivity index (χ3n) is 4.93. The Labute approximate surface area is 178 Å². The van der Waals surface area contributed by atoms with Gasteiger partial charge in [-0.05, 0) is 48.5 Å². The van der Waals surface area contributed by atoms with Crippen molar-refractivity contribution in [3.63, 3.8) is 0 Å². The maximum atomic E-state index is 13.9. The number of nitrogens with zero attached hydrogens (tertiary/aromatic N) is 2. The van der Waals surface area contributed by atoms with Crippen LogP contribution in [0.15, 0.2) is 70.0 Å². The quantitative estimate of drug-likeness (QED) is 0.607. The molecule has 30 heavy (non-hydrogen) atoms. The minimum Gasteiger partial charge on any atom is -0.451 e. The number of furan rings is 1. The molecule has 3 aromatic rings. The van der Waals surface area contributed by atoms with Crippen molar-refractivity contribution in [3.05, 3.63) is 77.3 Å². The van der Waals surface area contributed by atoms with Crippen LogP contribution in [0, 0.1) is 5.82 Å². The first-order chi connectivity index (χ1) is 14.4. The van der Waals surface area contributed by atoms with Gasteiger partial charge in [-0.15, -0.1) is 0 Å². The number of hydrogen-bond acceptors (Lipinski definition) is 4. The van der Waals surface area contributed by atoms with Gasteiger partial charge in [0.05, 0.1) is 0 Å². The van der Waals surface area contributed by atoms with E-state index >= 15 is 0 Å². The summed E-state index contributed by atoms with van der Waals surface area (Å²) in [5, 5.41) is 0.602. The second-order valence-corrected chi connectivity index (χ2v) is 9.14. The van der Waals surface area contributed by atoms with E-state index in [0.29, 0.717) is 10.8 Å². The Hall–Kier alpha value is -2.68. The Bertz CT molecular complexity index is 1170. The van der Waals surface area contributed by atoms with Crippen molar-refractivity contribution in [3.8, 4) is 11.3 Å². The van der Waals surface area contributed by atoms with E-state index < -0.39 is 15.8 Å². The summed E-state index contributed by atoms with van der Waals surface area (Å²) in [6, 6.07) is 15.6. The highest BCUT2D eigenvalue weighted by molar-refractivity contribution is 7.89. The zero-order valence-electron chi connectivity index (χ0n) is 15.8. The fourth-order valence-electron chi connectivity index (χ4n) is 3.30. The number of carbonyl (C=O) groups is 1. The van der Waals surface area contributed by atoms with Crippen molar-refractivity contribution < 1.29 is 22.0 Å². The number of piperazine rings is 1. The highest BCUT2D eigenvalue weighted by Gasteiger charge is 2.32. The monoisotopic (exact) mass is 448 g/mol. The van der Waals surface area contributed by atoms with Crippen LogP contribution in [0.1, 0.15) is 10.6 Å². The molecule has 0 aliphatic carbocycles. The second-order valence-electron chi connectivity index (χ2n) is 6.80. The van der Waals surface area contributed by atoms with Gasteiger partial charge in [0.2, 0.25) is 10.0 Å². The maximum absolute atomic E-state index is 13.9. The van der Waals surface area contributed by atoms with E-state index in [4.69, 9.17) is 16.0 Å². The van der Waals surface area contributed by atoms with Gasteiger partial charge in [-0.25, -0.2) is 12.8 Å². The summed E-state index contributed by atoms with van der Waals surface area (Å²) >= 11 is 5.89. The lowest BCUT2D eigenvalue weighted by Crippen LogP contribution is -2.50. The predicted molar refractivity (Wildman–Crippen MR) is 110 cm³/mol. The van der Waals surface area contributed by atoms with Gasteiger partial charge < -0.3 is 9.32 Å². The van der Waals surface area contributed by atoms with Crippen LogP contribution >= 0.6 is 11.6 Å². The van der Waals surface area contributed by atoms with Crippen molar-refractivity contribution in [1.82, 2.24) is 9.21 Å². The molecule has 1 aliphatic rings. The molecule has 0 N–H and O–H groups in total. The van der Waals surface area contributed by atoms with E-state index in [1.807, 2.05) is 0 Å². The molecular formula is C21H18ClFN2O4S. The third kappa shape index (κ3) is 3.98. The average Bonchev–Trinajstić information content (AvgIpc) is 3.24. The van der Waals surface area contributed by atoms with Gasteiger partial charge in [-0.2, -0.15) is 4.31 Å². The molecule has 1 aliphatic heterocycles. The van der Waals surface area contributed by atoms with E-state index in [1.165, 1.54) is 27.4 Å². The SMILES string of the molecule is O=C(c1ccc(-c2ccc(Cl)cc2)o1)N1CCN(S(=O)(=O)c2ccccc2F)CC1. The molecule has 1 aromatic heterocycles. The number of rotatable bonds is 4. The van der Waals surface area contributed by atoms with E-state index in [-0.39, 0.29) is 42.7 Å². The molecule has 6 nitrogen and oxygen atoms in total. The van der Waals surface area contributed by atoms with E-state index in [9.17, 15) is 17.6 Å². The van der Waals surface area contributed by atoms with Crippen LogP contribution in [-0.4, -0.2) is 49.7 Å². The molecule has 0 unspecified atom stereocenters. The Kier molecular flexibility index (Phi) is 5.64. The van der Waals surface area contributed by atoms with Gasteiger partial charge >= 0.3 is 0 Å². The standard InChI is InChI=1S/C21H18ClFN2O4S/c22-16-7-5-15(6-8-16)18-9-10-19(29-18)21(26)24-11-13-25(14-12-24)30(27,28)20-4-2-1-3-17(20)23/h1-10H,11-14H2. The van der Waals surface area contributed by atoms with Crippen LogP contribution in [0.2, 0.25) is 5.02 Å². The van der Waals surface area contributed by atoms with Crippen molar-refractivity contribution in [2.45, 2.75) is 4.90 Å². The molecule has 1 amide bonds. The molecule has 2 aromatic carbocycles. The minimum absolute atomic E-state index is 0.0765. The smallest absolute Gasteiger partial charge is 0.289 e. The number of carbonyl (C=O) groups excluding carboxylic acids is 1. The summed E-state index contributed by atoms with van der Waals surface area (Å²) in [6.45, 7) is 0.521. The summed E-state index contributed by atoms with van der Waals surface area (Å²) < 4.78 is 46.2. The first-order valence-corrected chi connectivity index (χ1v) is 11.1. The van der Waals surface area contributed by atoms with Crippen LogP contribution in [0.3, 0.4) is 0 Å². The van der Waals surface area contributed by atoms with Gasteiger partial charge in [0, 0.05) is 36.8 Å². The highest BCUT2D eigenvalue weighted by Crippen LogP contribution is 2.25. The lowest BCUT2D eigenvalue weighted by Gasteiger charge is -2.33. The van der Waals surface area contributed by atoms with Crippen LogP contribution in [0.5, 0.6) is 0 Å². The number of hydrogen-bond donors (Lipinski definition) is 0. The Balaban J connectivity index is 1.44. The number of halogens is 2. The fourth-order valence-corrected chi connectivity index (χ4v) is 4.92. The van der Waals surface area contributed by atoms with E-state index in [1.54, 1.807) is 36.4 Å². The molecule has 0 bridgehead atoms. The maximum Gasteiger partial charge on any atom is 0.289 e. The minimum atomic E-state index is -3.96. The topological polar surface area (TPSA) is 70.8 Å². The number of benzene rings is 2. The van der Waals surface area contributed by atoms with Gasteiger partial charge in [-0.3, -0.25) is 4.79 Å². The molecule has 0 radical (unpaired) electrons. The Morgan fingerprint density at radius 1 is 0.933 bits per heavy atom. The van der Waals surface area contributed by atoms with Gasteiger partial charge in [0.1, 0.15) is 16.5 Å². The normalized spacial score (nSPS) is 15.3. The zero-order chi connectivity index (χ0) is 21.3. The number of sulfonamides is 1. The van der Waals surface area contributed by atoms with Crippen LogP contribution in [0.4, 0.5) is 4.39 Å². The molecule has 0 saturated carbocycles. The van der Waals surface area contributed by atoms with Gasteiger partial charge in [0.15, 0.2) is 5.76 Å². The summed E-state index contributed by atoms with van der Waals surface area (Å²) in [6.07, 6.45) is 0. The predicted octanol–water partition coefficient (Wildman–Crippen LogP) is 3.89. The molecule has 1 saturated heterocycles. The van der Waals surface area contributed by atoms with Crippen molar-refractivity contribution >= 4 is 27.5 Å².